The molecule has 5 rings (SSSR count). The standard InChI is InChI=1S/C23H25N5O2/c1-29-20-12-18-19(13-21(20)30-2)24-15-28-22(25-26-23(18)28)14-27-10-8-17(9-11-27)16-6-4-3-5-7-16/h3-7,12-13,15,17H,8-11,14H2,1-2H3. The summed E-state index contributed by atoms with van der Waals surface area (Å²) >= 11 is 0. The number of likely N-dealkylation sites (tertiary alicyclic amines) is 1. The summed E-state index contributed by atoms with van der Waals surface area (Å²) in [6, 6.07) is 14.6. The topological polar surface area (TPSA) is 64.8 Å². The van der Waals surface area contributed by atoms with Gasteiger partial charge in [0.1, 0.15) is 6.33 Å². The highest BCUT2D eigenvalue weighted by Gasteiger charge is 2.22. The second-order valence-electron chi connectivity index (χ2n) is 7.74. The minimum Gasteiger partial charge on any atom is -0.493 e. The number of fused-ring (bicyclic) bond motifs is 3. The average Bonchev–Trinajstić information content (AvgIpc) is 3.22. The molecule has 0 saturated carbocycles. The van der Waals surface area contributed by atoms with Crippen LogP contribution in [0.2, 0.25) is 0 Å². The fourth-order valence-corrected chi connectivity index (χ4v) is 4.36. The van der Waals surface area contributed by atoms with Crippen LogP contribution in [-0.2, 0) is 6.54 Å². The maximum Gasteiger partial charge on any atom is 0.171 e. The molecule has 1 fully saturated rings. The first-order valence-electron chi connectivity index (χ1n) is 10.3. The summed E-state index contributed by atoms with van der Waals surface area (Å²) < 4.78 is 12.8. The number of hydrogen-bond acceptors (Lipinski definition) is 6. The molecule has 0 aliphatic carbocycles. The Hall–Kier alpha value is -3.19. The summed E-state index contributed by atoms with van der Waals surface area (Å²) in [5, 5.41) is 9.83. The molecule has 2 aromatic heterocycles. The molecule has 3 heterocycles. The van der Waals surface area contributed by atoms with Crippen LogP contribution < -0.4 is 9.47 Å². The van der Waals surface area contributed by atoms with Crippen molar-refractivity contribution in [1.82, 2.24) is 24.5 Å². The third kappa shape index (κ3) is 3.35. The lowest BCUT2D eigenvalue weighted by molar-refractivity contribution is 0.199. The molecule has 1 aliphatic heterocycles. The quantitative estimate of drug-likeness (QED) is 0.507. The monoisotopic (exact) mass is 403 g/mol. The van der Waals surface area contributed by atoms with Gasteiger partial charge in [0.15, 0.2) is 23.0 Å². The molecule has 0 amide bonds. The number of aromatic nitrogens is 4. The number of rotatable bonds is 5. The molecule has 1 saturated heterocycles. The van der Waals surface area contributed by atoms with Crippen LogP contribution in [0.4, 0.5) is 0 Å². The highest BCUT2D eigenvalue weighted by molar-refractivity contribution is 5.93. The third-order valence-electron chi connectivity index (χ3n) is 6.05. The molecule has 0 spiro atoms. The molecule has 30 heavy (non-hydrogen) atoms. The van der Waals surface area contributed by atoms with E-state index in [-0.39, 0.29) is 0 Å². The number of nitrogens with zero attached hydrogens (tertiary/aromatic N) is 5. The normalized spacial score (nSPS) is 15.7. The molecule has 0 atom stereocenters. The third-order valence-corrected chi connectivity index (χ3v) is 6.05. The zero-order chi connectivity index (χ0) is 20.5. The van der Waals surface area contributed by atoms with Gasteiger partial charge in [-0.2, -0.15) is 0 Å². The Morgan fingerprint density at radius 2 is 1.70 bits per heavy atom. The predicted octanol–water partition coefficient (Wildman–Crippen LogP) is 3.67. The summed E-state index contributed by atoms with van der Waals surface area (Å²) in [5.74, 6) is 2.87. The van der Waals surface area contributed by atoms with Crippen LogP contribution in [0.15, 0.2) is 48.8 Å². The predicted molar refractivity (Wildman–Crippen MR) is 115 cm³/mol. The van der Waals surface area contributed by atoms with Gasteiger partial charge >= 0.3 is 0 Å². The van der Waals surface area contributed by atoms with Crippen LogP contribution >= 0.6 is 0 Å². The highest BCUT2D eigenvalue weighted by Crippen LogP contribution is 2.33. The fourth-order valence-electron chi connectivity index (χ4n) is 4.36. The van der Waals surface area contributed by atoms with Crippen molar-refractivity contribution < 1.29 is 9.47 Å². The molecule has 1 aliphatic rings. The largest absolute Gasteiger partial charge is 0.493 e. The number of ether oxygens (including phenoxy) is 2. The van der Waals surface area contributed by atoms with E-state index in [2.05, 4.69) is 50.4 Å². The SMILES string of the molecule is COc1cc2ncn3c(CN4CCC(c5ccccc5)CC4)nnc3c2cc1OC. The first-order chi connectivity index (χ1) is 14.8. The Bertz CT molecular complexity index is 1170. The molecule has 4 aromatic rings. The van der Waals surface area contributed by atoms with Gasteiger partial charge in [0.05, 0.1) is 26.3 Å². The van der Waals surface area contributed by atoms with E-state index in [4.69, 9.17) is 9.47 Å². The summed E-state index contributed by atoms with van der Waals surface area (Å²) in [6.07, 6.45) is 4.13. The fraction of sp³-hybridized carbons (Fsp3) is 0.348. The van der Waals surface area contributed by atoms with Crippen molar-refractivity contribution in [1.29, 1.82) is 0 Å². The first-order valence-corrected chi connectivity index (χ1v) is 10.3. The van der Waals surface area contributed by atoms with E-state index in [1.54, 1.807) is 20.5 Å². The van der Waals surface area contributed by atoms with Crippen LogP contribution in [0.5, 0.6) is 11.5 Å². The lowest BCUT2D eigenvalue weighted by Crippen LogP contribution is -2.33. The van der Waals surface area contributed by atoms with Crippen LogP contribution in [0, 0.1) is 0 Å². The highest BCUT2D eigenvalue weighted by atomic mass is 16.5. The van der Waals surface area contributed by atoms with Gasteiger partial charge in [-0.25, -0.2) is 4.98 Å². The Morgan fingerprint density at radius 1 is 0.967 bits per heavy atom. The van der Waals surface area contributed by atoms with Crippen molar-refractivity contribution in [2.24, 2.45) is 0 Å². The van der Waals surface area contributed by atoms with E-state index in [0.29, 0.717) is 17.4 Å². The van der Waals surface area contributed by atoms with Gasteiger partial charge in [0, 0.05) is 11.5 Å². The van der Waals surface area contributed by atoms with Gasteiger partial charge < -0.3 is 9.47 Å². The van der Waals surface area contributed by atoms with E-state index < -0.39 is 0 Å². The minimum atomic E-state index is 0.644. The summed E-state index contributed by atoms with van der Waals surface area (Å²) in [7, 11) is 3.25. The molecular formula is C23H25N5O2. The van der Waals surface area contributed by atoms with E-state index in [1.165, 1.54) is 18.4 Å². The van der Waals surface area contributed by atoms with Gasteiger partial charge in [-0.15, -0.1) is 10.2 Å². The van der Waals surface area contributed by atoms with Crippen LogP contribution in [0.3, 0.4) is 0 Å². The second kappa shape index (κ2) is 7.91. The Labute approximate surface area is 175 Å². The average molecular weight is 403 g/mol. The van der Waals surface area contributed by atoms with Gasteiger partial charge in [-0.3, -0.25) is 9.30 Å². The zero-order valence-electron chi connectivity index (χ0n) is 17.3. The van der Waals surface area contributed by atoms with Crippen LogP contribution in [0.1, 0.15) is 30.1 Å². The van der Waals surface area contributed by atoms with E-state index >= 15 is 0 Å². The van der Waals surface area contributed by atoms with Crippen LogP contribution in [0.25, 0.3) is 16.6 Å². The first kappa shape index (κ1) is 18.8. The summed E-state index contributed by atoms with van der Waals surface area (Å²) in [5.41, 5.74) is 3.04. The molecule has 7 nitrogen and oxygen atoms in total. The van der Waals surface area contributed by atoms with Crippen molar-refractivity contribution in [2.75, 3.05) is 27.3 Å². The zero-order valence-corrected chi connectivity index (χ0v) is 17.3. The number of hydrogen-bond donors (Lipinski definition) is 0. The molecule has 2 aromatic carbocycles. The molecule has 154 valence electrons. The van der Waals surface area contributed by atoms with Gasteiger partial charge in [0.2, 0.25) is 0 Å². The Morgan fingerprint density at radius 3 is 2.43 bits per heavy atom. The molecule has 0 bridgehead atoms. The smallest absolute Gasteiger partial charge is 0.171 e. The number of benzene rings is 2. The van der Waals surface area contributed by atoms with Crippen molar-refractivity contribution in [2.45, 2.75) is 25.3 Å². The number of methoxy groups -OCH3 is 2. The van der Waals surface area contributed by atoms with E-state index in [0.717, 1.165) is 42.0 Å². The maximum absolute atomic E-state index is 5.45. The van der Waals surface area contributed by atoms with Crippen molar-refractivity contribution >= 4 is 16.6 Å². The molecule has 0 N–H and O–H groups in total. The molecule has 7 heteroatoms. The van der Waals surface area contributed by atoms with Crippen LogP contribution in [-0.4, -0.2) is 51.8 Å². The van der Waals surface area contributed by atoms with Gasteiger partial charge in [0.25, 0.3) is 0 Å². The molecule has 0 radical (unpaired) electrons. The lowest BCUT2D eigenvalue weighted by Gasteiger charge is -2.31. The van der Waals surface area contributed by atoms with Crippen molar-refractivity contribution in [3.63, 3.8) is 0 Å². The van der Waals surface area contributed by atoms with Gasteiger partial charge in [-0.1, -0.05) is 30.3 Å². The lowest BCUT2D eigenvalue weighted by atomic mass is 9.89. The second-order valence-corrected chi connectivity index (χ2v) is 7.74. The van der Waals surface area contributed by atoms with E-state index in [9.17, 15) is 0 Å². The summed E-state index contributed by atoms with van der Waals surface area (Å²) in [6.45, 7) is 2.88. The Balaban J connectivity index is 1.37. The maximum atomic E-state index is 5.45. The van der Waals surface area contributed by atoms with Crippen molar-refractivity contribution in [3.8, 4) is 11.5 Å². The summed E-state index contributed by atoms with van der Waals surface area (Å²) in [4.78, 5) is 7.05. The Kier molecular flexibility index (Phi) is 4.96. The molecule has 0 unspecified atom stereocenters. The van der Waals surface area contributed by atoms with Gasteiger partial charge in [-0.05, 0) is 43.5 Å². The number of piperidine rings is 1. The molecular weight excluding hydrogens is 378 g/mol. The van der Waals surface area contributed by atoms with E-state index in [1.807, 2.05) is 16.5 Å². The van der Waals surface area contributed by atoms with Crippen molar-refractivity contribution in [3.05, 3.63) is 60.2 Å². The minimum absolute atomic E-state index is 0.644.